The third-order valence-corrected chi connectivity index (χ3v) is 4.12. The van der Waals surface area contributed by atoms with Gasteiger partial charge in [0.15, 0.2) is 0 Å². The highest BCUT2D eigenvalue weighted by atomic mass is 32.2. The van der Waals surface area contributed by atoms with Gasteiger partial charge < -0.3 is 9.73 Å². The predicted molar refractivity (Wildman–Crippen MR) is 86.2 cm³/mol. The van der Waals surface area contributed by atoms with Crippen molar-refractivity contribution in [1.29, 1.82) is 0 Å². The van der Waals surface area contributed by atoms with Crippen LogP contribution in [0.25, 0.3) is 5.78 Å². The average Bonchev–Trinajstić information content (AvgIpc) is 3.14. The van der Waals surface area contributed by atoms with Crippen LogP contribution in [0.3, 0.4) is 0 Å². The van der Waals surface area contributed by atoms with E-state index in [2.05, 4.69) is 20.4 Å². The number of carbonyl (C=O) groups excluding carboxylic acids is 1. The van der Waals surface area contributed by atoms with Gasteiger partial charge >= 0.3 is 0 Å². The first-order chi connectivity index (χ1) is 11.0. The second-order valence-electron chi connectivity index (χ2n) is 5.24. The second-order valence-corrected chi connectivity index (χ2v) is 6.18. The number of thioether (sulfide) groups is 1. The van der Waals surface area contributed by atoms with E-state index in [9.17, 15) is 4.79 Å². The molecule has 0 aliphatic rings. The normalized spacial score (nSPS) is 12.5. The molecular formula is C15H17N5O2S. The number of amides is 1. The Labute approximate surface area is 137 Å². The quantitative estimate of drug-likeness (QED) is 0.722. The Hall–Kier alpha value is -2.35. The van der Waals surface area contributed by atoms with E-state index >= 15 is 0 Å². The Kier molecular flexibility index (Phi) is 4.33. The van der Waals surface area contributed by atoms with Crippen LogP contribution < -0.4 is 5.32 Å². The Morgan fingerprint density at radius 2 is 2.26 bits per heavy atom. The molecule has 3 aromatic rings. The highest BCUT2D eigenvalue weighted by molar-refractivity contribution is 7.99. The minimum Gasteiger partial charge on any atom is -0.467 e. The zero-order valence-corrected chi connectivity index (χ0v) is 13.9. The number of hydrogen-bond acceptors (Lipinski definition) is 6. The van der Waals surface area contributed by atoms with Crippen molar-refractivity contribution in [2.24, 2.45) is 0 Å². The van der Waals surface area contributed by atoms with Crippen LogP contribution in [0, 0.1) is 13.8 Å². The highest BCUT2D eigenvalue weighted by Gasteiger charge is 2.14. The fourth-order valence-corrected chi connectivity index (χ4v) is 2.86. The Morgan fingerprint density at radius 3 is 3.00 bits per heavy atom. The summed E-state index contributed by atoms with van der Waals surface area (Å²) in [6.45, 7) is 5.74. The van der Waals surface area contributed by atoms with Crippen molar-refractivity contribution in [1.82, 2.24) is 24.9 Å². The molecule has 0 saturated heterocycles. The van der Waals surface area contributed by atoms with E-state index in [1.807, 2.05) is 32.9 Å². The van der Waals surface area contributed by atoms with Crippen LogP contribution in [-0.2, 0) is 4.79 Å². The van der Waals surface area contributed by atoms with E-state index in [-0.39, 0.29) is 17.7 Å². The number of furan rings is 1. The third kappa shape index (κ3) is 3.53. The van der Waals surface area contributed by atoms with Gasteiger partial charge in [-0.05, 0) is 39.0 Å². The molecule has 3 rings (SSSR count). The number of carbonyl (C=O) groups is 1. The number of nitrogens with one attached hydrogen (secondary N) is 1. The summed E-state index contributed by atoms with van der Waals surface area (Å²) in [5, 5.41) is 7.77. The van der Waals surface area contributed by atoms with Crippen LogP contribution in [0.5, 0.6) is 0 Å². The highest BCUT2D eigenvalue weighted by Crippen LogP contribution is 2.16. The number of fused-ring (bicyclic) bond motifs is 1. The van der Waals surface area contributed by atoms with Crippen molar-refractivity contribution in [3.63, 3.8) is 0 Å². The second kappa shape index (κ2) is 6.41. The van der Waals surface area contributed by atoms with Gasteiger partial charge in [-0.1, -0.05) is 11.8 Å². The summed E-state index contributed by atoms with van der Waals surface area (Å²) in [5.74, 6) is 1.41. The molecule has 7 nitrogen and oxygen atoms in total. The van der Waals surface area contributed by atoms with Gasteiger partial charge in [-0.3, -0.25) is 4.79 Å². The first kappa shape index (κ1) is 15.5. The van der Waals surface area contributed by atoms with Crippen LogP contribution in [-0.4, -0.2) is 31.2 Å². The zero-order chi connectivity index (χ0) is 16.4. The standard InChI is InChI=1S/C15H17N5O2S/c1-9-7-10(2)20-14(16-9)18-15(19-20)23-8-13(21)17-11(3)12-5-4-6-22-12/h4-7,11H,8H2,1-3H3,(H,17,21)/t11-/m1/s1. The Morgan fingerprint density at radius 1 is 1.43 bits per heavy atom. The van der Waals surface area contributed by atoms with Crippen LogP contribution in [0.15, 0.2) is 34.0 Å². The number of aromatic nitrogens is 4. The van der Waals surface area contributed by atoms with E-state index in [1.54, 1.807) is 16.8 Å². The fourth-order valence-electron chi connectivity index (χ4n) is 2.23. The van der Waals surface area contributed by atoms with Gasteiger partial charge in [-0.2, -0.15) is 4.98 Å². The number of nitrogens with zero attached hydrogens (tertiary/aromatic N) is 4. The molecule has 1 amide bonds. The Balaban J connectivity index is 1.62. The maximum atomic E-state index is 12.0. The maximum absolute atomic E-state index is 12.0. The van der Waals surface area contributed by atoms with Crippen LogP contribution >= 0.6 is 11.8 Å². The Bertz CT molecular complexity index is 828. The summed E-state index contributed by atoms with van der Waals surface area (Å²) in [6, 6.07) is 5.40. The average molecular weight is 331 g/mol. The zero-order valence-electron chi connectivity index (χ0n) is 13.1. The number of aryl methyl sites for hydroxylation is 2. The molecule has 0 saturated carbocycles. The van der Waals surface area contributed by atoms with E-state index in [4.69, 9.17) is 4.42 Å². The van der Waals surface area contributed by atoms with Crippen LogP contribution in [0.1, 0.15) is 30.1 Å². The van der Waals surface area contributed by atoms with E-state index in [0.717, 1.165) is 17.1 Å². The van der Waals surface area contributed by atoms with E-state index in [1.165, 1.54) is 11.8 Å². The van der Waals surface area contributed by atoms with Gasteiger partial charge in [0.05, 0.1) is 18.1 Å². The molecule has 0 aliphatic carbocycles. The van der Waals surface area contributed by atoms with Gasteiger partial charge in [0.2, 0.25) is 11.1 Å². The summed E-state index contributed by atoms with van der Waals surface area (Å²) in [4.78, 5) is 20.7. The lowest BCUT2D eigenvalue weighted by atomic mass is 10.2. The molecule has 1 N–H and O–H groups in total. The molecule has 3 aromatic heterocycles. The summed E-state index contributed by atoms with van der Waals surface area (Å²) in [7, 11) is 0. The van der Waals surface area contributed by atoms with Crippen molar-refractivity contribution in [2.45, 2.75) is 32.0 Å². The monoisotopic (exact) mass is 331 g/mol. The van der Waals surface area contributed by atoms with Gasteiger partial charge in [0, 0.05) is 11.4 Å². The summed E-state index contributed by atoms with van der Waals surface area (Å²) < 4.78 is 6.94. The molecule has 0 radical (unpaired) electrons. The van der Waals surface area contributed by atoms with E-state index in [0.29, 0.717) is 10.9 Å². The molecule has 0 bridgehead atoms. The molecule has 3 heterocycles. The van der Waals surface area contributed by atoms with Gasteiger partial charge in [-0.15, -0.1) is 5.10 Å². The topological polar surface area (TPSA) is 85.3 Å². The first-order valence-electron chi connectivity index (χ1n) is 7.19. The van der Waals surface area contributed by atoms with Crippen molar-refractivity contribution in [3.8, 4) is 0 Å². The van der Waals surface area contributed by atoms with Crippen LogP contribution in [0.4, 0.5) is 0 Å². The molecule has 8 heteroatoms. The maximum Gasteiger partial charge on any atom is 0.253 e. The molecule has 23 heavy (non-hydrogen) atoms. The fraction of sp³-hybridized carbons (Fsp3) is 0.333. The molecule has 0 aliphatic heterocycles. The lowest BCUT2D eigenvalue weighted by Crippen LogP contribution is -2.27. The van der Waals surface area contributed by atoms with E-state index < -0.39 is 0 Å². The van der Waals surface area contributed by atoms with Crippen LogP contribution in [0.2, 0.25) is 0 Å². The molecule has 0 unspecified atom stereocenters. The minimum atomic E-state index is -0.168. The third-order valence-electron chi connectivity index (χ3n) is 3.28. The van der Waals surface area contributed by atoms with Crippen molar-refractivity contribution in [2.75, 3.05) is 5.75 Å². The predicted octanol–water partition coefficient (Wildman–Crippen LogP) is 2.30. The molecule has 1 atom stereocenters. The summed E-state index contributed by atoms with van der Waals surface area (Å²) in [6.07, 6.45) is 1.59. The number of hydrogen-bond donors (Lipinski definition) is 1. The number of rotatable bonds is 5. The SMILES string of the molecule is Cc1cc(C)n2nc(SCC(=O)N[C@H](C)c3ccco3)nc2n1. The van der Waals surface area contributed by atoms with Crippen molar-refractivity contribution >= 4 is 23.4 Å². The lowest BCUT2D eigenvalue weighted by molar-refractivity contribution is -0.119. The van der Waals surface area contributed by atoms with Gasteiger partial charge in [0.1, 0.15) is 5.76 Å². The van der Waals surface area contributed by atoms with Gasteiger partial charge in [0.25, 0.3) is 5.78 Å². The summed E-state index contributed by atoms with van der Waals surface area (Å²) >= 11 is 1.28. The van der Waals surface area contributed by atoms with Gasteiger partial charge in [-0.25, -0.2) is 9.50 Å². The van der Waals surface area contributed by atoms with Crippen molar-refractivity contribution < 1.29 is 9.21 Å². The minimum absolute atomic E-state index is 0.0985. The molecule has 0 fully saturated rings. The van der Waals surface area contributed by atoms with Crippen molar-refractivity contribution in [3.05, 3.63) is 41.6 Å². The molecule has 0 aromatic carbocycles. The lowest BCUT2D eigenvalue weighted by Gasteiger charge is -2.10. The largest absolute Gasteiger partial charge is 0.467 e. The molecular weight excluding hydrogens is 314 g/mol. The summed E-state index contributed by atoms with van der Waals surface area (Å²) in [5.41, 5.74) is 1.85. The smallest absolute Gasteiger partial charge is 0.253 e. The molecule has 0 spiro atoms. The molecule has 120 valence electrons. The first-order valence-corrected chi connectivity index (χ1v) is 8.18.